The summed E-state index contributed by atoms with van der Waals surface area (Å²) in [6.07, 6.45) is -3.25. The highest BCUT2D eigenvalue weighted by molar-refractivity contribution is 7.92. The number of hydrogen-bond donors (Lipinski definition) is 0. The van der Waals surface area contributed by atoms with Gasteiger partial charge in [0, 0.05) is 37.4 Å². The van der Waals surface area contributed by atoms with Crippen molar-refractivity contribution < 1.29 is 26.4 Å². The van der Waals surface area contributed by atoms with E-state index >= 15 is 0 Å². The van der Waals surface area contributed by atoms with Crippen molar-refractivity contribution >= 4 is 27.3 Å². The van der Waals surface area contributed by atoms with E-state index in [1.807, 2.05) is 17.9 Å². The van der Waals surface area contributed by atoms with Gasteiger partial charge in [0.1, 0.15) is 0 Å². The van der Waals surface area contributed by atoms with Gasteiger partial charge in [-0.25, -0.2) is 8.42 Å². The number of anilines is 2. The molecule has 0 radical (unpaired) electrons. The molecular formula is C27H28F3N3O3S. The summed E-state index contributed by atoms with van der Waals surface area (Å²) < 4.78 is 65.3. The second-order valence-corrected chi connectivity index (χ2v) is 11.0. The number of alkyl halides is 3. The summed E-state index contributed by atoms with van der Waals surface area (Å²) in [5, 5.41) is 0. The minimum Gasteiger partial charge on any atom is -0.368 e. The van der Waals surface area contributed by atoms with Crippen molar-refractivity contribution in [2.24, 2.45) is 0 Å². The lowest BCUT2D eigenvalue weighted by molar-refractivity contribution is -0.137. The monoisotopic (exact) mass is 531 g/mol. The van der Waals surface area contributed by atoms with E-state index in [1.165, 1.54) is 10.4 Å². The Morgan fingerprint density at radius 2 is 1.57 bits per heavy atom. The Hall–Kier alpha value is -3.53. The van der Waals surface area contributed by atoms with Crippen molar-refractivity contribution in [3.05, 3.63) is 95.1 Å². The van der Waals surface area contributed by atoms with Gasteiger partial charge in [-0.15, -0.1) is 0 Å². The summed E-state index contributed by atoms with van der Waals surface area (Å²) in [6.45, 7) is 3.63. The van der Waals surface area contributed by atoms with Crippen molar-refractivity contribution in [2.45, 2.75) is 19.6 Å². The number of rotatable bonds is 6. The summed E-state index contributed by atoms with van der Waals surface area (Å²) in [7, 11) is -3.52. The van der Waals surface area contributed by atoms with Crippen molar-refractivity contribution in [1.82, 2.24) is 4.90 Å². The van der Waals surface area contributed by atoms with Gasteiger partial charge in [0.15, 0.2) is 0 Å². The van der Waals surface area contributed by atoms with Gasteiger partial charge in [-0.3, -0.25) is 9.10 Å². The number of hydrogen-bond acceptors (Lipinski definition) is 4. The Kier molecular flexibility index (Phi) is 7.49. The van der Waals surface area contributed by atoms with Gasteiger partial charge in [0.05, 0.1) is 24.1 Å². The predicted molar refractivity (Wildman–Crippen MR) is 138 cm³/mol. The number of sulfonamides is 1. The van der Waals surface area contributed by atoms with E-state index in [0.29, 0.717) is 43.1 Å². The molecule has 1 aliphatic rings. The number of carbonyl (C=O) groups excluding carboxylic acids is 1. The highest BCUT2D eigenvalue weighted by Gasteiger charge is 2.31. The zero-order chi connectivity index (χ0) is 26.8. The summed E-state index contributed by atoms with van der Waals surface area (Å²) in [5.74, 6) is -0.172. The fourth-order valence-electron chi connectivity index (χ4n) is 4.33. The van der Waals surface area contributed by atoms with Gasteiger partial charge in [-0.1, -0.05) is 30.3 Å². The molecule has 0 aliphatic carbocycles. The van der Waals surface area contributed by atoms with Crippen LogP contribution in [0.15, 0.2) is 72.8 Å². The first kappa shape index (κ1) is 26.5. The Labute approximate surface area is 215 Å². The number of nitrogens with zero attached hydrogens (tertiary/aromatic N) is 3. The zero-order valence-corrected chi connectivity index (χ0v) is 21.4. The molecule has 1 amide bonds. The van der Waals surface area contributed by atoms with E-state index in [2.05, 4.69) is 0 Å². The predicted octanol–water partition coefficient (Wildman–Crippen LogP) is 4.94. The summed E-state index contributed by atoms with van der Waals surface area (Å²) in [6, 6.07) is 19.3. The minimum absolute atomic E-state index is 0.131. The molecule has 0 unspecified atom stereocenters. The van der Waals surface area contributed by atoms with Gasteiger partial charge in [0.2, 0.25) is 10.0 Å². The molecule has 0 saturated carbocycles. The molecule has 6 nitrogen and oxygen atoms in total. The Morgan fingerprint density at radius 1 is 0.919 bits per heavy atom. The topological polar surface area (TPSA) is 60.9 Å². The molecule has 4 rings (SSSR count). The summed E-state index contributed by atoms with van der Waals surface area (Å²) in [5.41, 5.74) is 2.51. The van der Waals surface area contributed by atoms with Crippen LogP contribution in [0.25, 0.3) is 0 Å². The zero-order valence-electron chi connectivity index (χ0n) is 20.6. The summed E-state index contributed by atoms with van der Waals surface area (Å²) >= 11 is 0. The van der Waals surface area contributed by atoms with E-state index in [4.69, 9.17) is 0 Å². The number of carbonyl (C=O) groups is 1. The van der Waals surface area contributed by atoms with E-state index in [-0.39, 0.29) is 12.5 Å². The number of aryl methyl sites for hydroxylation is 1. The maximum atomic E-state index is 13.0. The van der Waals surface area contributed by atoms with Crippen LogP contribution in [-0.4, -0.2) is 51.7 Å². The van der Waals surface area contributed by atoms with Crippen molar-refractivity contribution in [1.29, 1.82) is 0 Å². The van der Waals surface area contributed by atoms with E-state index in [9.17, 15) is 26.4 Å². The molecule has 0 N–H and O–H groups in total. The van der Waals surface area contributed by atoms with Crippen molar-refractivity contribution in [3.8, 4) is 0 Å². The van der Waals surface area contributed by atoms with Gasteiger partial charge in [-0.2, -0.15) is 13.2 Å². The van der Waals surface area contributed by atoms with Gasteiger partial charge in [-0.05, 0) is 60.5 Å². The number of halogens is 3. The Morgan fingerprint density at radius 3 is 2.16 bits per heavy atom. The van der Waals surface area contributed by atoms with E-state index in [1.54, 1.807) is 53.4 Å². The average Bonchev–Trinajstić information content (AvgIpc) is 2.86. The molecular weight excluding hydrogens is 503 g/mol. The van der Waals surface area contributed by atoms with Crippen LogP contribution in [0.2, 0.25) is 0 Å². The normalized spacial score (nSPS) is 14.5. The number of piperazine rings is 1. The molecule has 3 aromatic carbocycles. The molecule has 0 spiro atoms. The summed E-state index contributed by atoms with van der Waals surface area (Å²) in [4.78, 5) is 16.5. The second kappa shape index (κ2) is 10.5. The van der Waals surface area contributed by atoms with Gasteiger partial charge < -0.3 is 9.80 Å². The molecule has 1 aliphatic heterocycles. The molecule has 10 heteroatoms. The fourth-order valence-corrected chi connectivity index (χ4v) is 5.21. The Bertz CT molecular complexity index is 1370. The third-order valence-corrected chi connectivity index (χ3v) is 7.46. The van der Waals surface area contributed by atoms with Crippen LogP contribution in [0.1, 0.15) is 27.0 Å². The first-order chi connectivity index (χ1) is 17.4. The fraction of sp³-hybridized carbons (Fsp3) is 0.296. The van der Waals surface area contributed by atoms with E-state index < -0.39 is 21.8 Å². The largest absolute Gasteiger partial charge is 0.416 e. The van der Waals surface area contributed by atoms with Gasteiger partial charge >= 0.3 is 6.18 Å². The van der Waals surface area contributed by atoms with Crippen LogP contribution in [0.5, 0.6) is 0 Å². The molecule has 0 aromatic heterocycles. The lowest BCUT2D eigenvalue weighted by Crippen LogP contribution is -2.48. The molecule has 1 fully saturated rings. The number of benzene rings is 3. The SMILES string of the molecule is Cc1cccc(N(Cc2ccc(C(=O)N3CCN(c4cccc(C(F)(F)F)c4)CC3)cc2)S(C)(=O)=O)c1. The quantitative estimate of drug-likeness (QED) is 0.452. The van der Waals surface area contributed by atoms with Crippen LogP contribution < -0.4 is 9.21 Å². The maximum absolute atomic E-state index is 13.0. The highest BCUT2D eigenvalue weighted by atomic mass is 32.2. The Balaban J connectivity index is 1.40. The standard InChI is InChI=1S/C27H28F3N3O3S/c1-20-5-3-8-25(17-20)33(37(2,35)36)19-21-9-11-22(12-10-21)26(34)32-15-13-31(14-16-32)24-7-4-6-23(18-24)27(28,29)30/h3-12,17-18H,13-16,19H2,1-2H3. The molecule has 0 bridgehead atoms. The molecule has 0 atom stereocenters. The molecule has 1 heterocycles. The maximum Gasteiger partial charge on any atom is 0.416 e. The third-order valence-electron chi connectivity index (χ3n) is 6.32. The highest BCUT2D eigenvalue weighted by Crippen LogP contribution is 2.32. The van der Waals surface area contributed by atoms with Crippen LogP contribution in [0.4, 0.5) is 24.5 Å². The lowest BCUT2D eigenvalue weighted by atomic mass is 10.1. The molecule has 196 valence electrons. The first-order valence-corrected chi connectivity index (χ1v) is 13.6. The average molecular weight is 532 g/mol. The molecule has 1 saturated heterocycles. The third kappa shape index (κ3) is 6.43. The second-order valence-electron chi connectivity index (χ2n) is 9.13. The van der Waals surface area contributed by atoms with Crippen LogP contribution in [0, 0.1) is 6.92 Å². The smallest absolute Gasteiger partial charge is 0.368 e. The van der Waals surface area contributed by atoms with Crippen LogP contribution in [0.3, 0.4) is 0 Å². The minimum atomic E-state index is -4.40. The van der Waals surface area contributed by atoms with Crippen LogP contribution in [-0.2, 0) is 22.7 Å². The molecule has 3 aromatic rings. The van der Waals surface area contributed by atoms with Crippen molar-refractivity contribution in [3.63, 3.8) is 0 Å². The van der Waals surface area contributed by atoms with E-state index in [0.717, 1.165) is 29.5 Å². The van der Waals surface area contributed by atoms with Gasteiger partial charge in [0.25, 0.3) is 5.91 Å². The van der Waals surface area contributed by atoms with Crippen molar-refractivity contribution in [2.75, 3.05) is 41.6 Å². The molecule has 37 heavy (non-hydrogen) atoms. The van der Waals surface area contributed by atoms with Crippen LogP contribution >= 0.6 is 0 Å². The number of amides is 1. The lowest BCUT2D eigenvalue weighted by Gasteiger charge is -2.36. The first-order valence-electron chi connectivity index (χ1n) is 11.8.